The largest absolute Gasteiger partial charge is 0.507 e. The van der Waals surface area contributed by atoms with Crippen molar-refractivity contribution in [2.75, 3.05) is 27.2 Å². The molecular weight excluding hydrogens is 368 g/mol. The quantitative estimate of drug-likeness (QED) is 0.467. The second-order valence-electron chi connectivity index (χ2n) is 6.67. The number of benzene rings is 1. The summed E-state index contributed by atoms with van der Waals surface area (Å²) in [6.45, 7) is 1.15. The molecule has 1 atom stereocenters. The van der Waals surface area contributed by atoms with Crippen LogP contribution in [-0.4, -0.2) is 53.8 Å². The van der Waals surface area contributed by atoms with Gasteiger partial charge in [0.2, 0.25) is 0 Å². The number of Topliss-reactive ketones (excluding diaryl/α,β-unsaturated/α-hetero) is 1. The standard InChI is InChI=1S/C20H21ClN2O4/c1-22(2)10-4-11-23-17(15-5-3-12-27-15)16(19(25)20(23)26)18(24)13-6-8-14(21)9-7-13/h3,5-9,12,17,24H,4,10-11H2,1-2H3/b18-16+/t17-/m1/s1. The van der Waals surface area contributed by atoms with Gasteiger partial charge in [0.05, 0.1) is 11.8 Å². The number of ketones is 1. The van der Waals surface area contributed by atoms with E-state index in [0.29, 0.717) is 29.3 Å². The molecule has 0 unspecified atom stereocenters. The Balaban J connectivity index is 2.03. The van der Waals surface area contributed by atoms with Crippen molar-refractivity contribution in [2.24, 2.45) is 0 Å². The van der Waals surface area contributed by atoms with E-state index in [1.165, 1.54) is 11.2 Å². The highest BCUT2D eigenvalue weighted by Gasteiger charge is 2.47. The van der Waals surface area contributed by atoms with Crippen molar-refractivity contribution in [2.45, 2.75) is 12.5 Å². The molecule has 1 aliphatic heterocycles. The molecule has 6 nitrogen and oxygen atoms in total. The van der Waals surface area contributed by atoms with Gasteiger partial charge in [-0.2, -0.15) is 0 Å². The number of carbonyl (C=O) groups is 2. The first-order chi connectivity index (χ1) is 12.9. The monoisotopic (exact) mass is 388 g/mol. The van der Waals surface area contributed by atoms with Gasteiger partial charge in [0.25, 0.3) is 11.7 Å². The van der Waals surface area contributed by atoms with Gasteiger partial charge in [-0.05, 0) is 63.5 Å². The van der Waals surface area contributed by atoms with Gasteiger partial charge >= 0.3 is 0 Å². The molecule has 1 aliphatic rings. The number of carbonyl (C=O) groups excluding carboxylic acids is 2. The maximum Gasteiger partial charge on any atom is 0.295 e. The minimum atomic E-state index is -0.752. The van der Waals surface area contributed by atoms with Gasteiger partial charge in [0.1, 0.15) is 17.6 Å². The van der Waals surface area contributed by atoms with Crippen molar-refractivity contribution in [1.29, 1.82) is 0 Å². The number of nitrogens with zero attached hydrogens (tertiary/aromatic N) is 2. The summed E-state index contributed by atoms with van der Waals surface area (Å²) in [4.78, 5) is 28.8. The molecule has 3 rings (SSSR count). The number of furan rings is 1. The molecule has 27 heavy (non-hydrogen) atoms. The topological polar surface area (TPSA) is 74.0 Å². The predicted octanol–water partition coefficient (Wildman–Crippen LogP) is 3.31. The van der Waals surface area contributed by atoms with Crippen LogP contribution >= 0.6 is 11.6 Å². The van der Waals surface area contributed by atoms with Gasteiger partial charge in [-0.15, -0.1) is 0 Å². The summed E-state index contributed by atoms with van der Waals surface area (Å²) >= 11 is 5.90. The minimum absolute atomic E-state index is 0.0297. The number of likely N-dealkylation sites (tertiary alicyclic amines) is 1. The number of hydrogen-bond donors (Lipinski definition) is 1. The van der Waals surface area contributed by atoms with Gasteiger partial charge in [-0.1, -0.05) is 11.6 Å². The lowest BCUT2D eigenvalue weighted by atomic mass is 9.99. The summed E-state index contributed by atoms with van der Waals surface area (Å²) in [6, 6.07) is 9.09. The molecule has 0 saturated carbocycles. The van der Waals surface area contributed by atoms with E-state index >= 15 is 0 Å². The van der Waals surface area contributed by atoms with Gasteiger partial charge < -0.3 is 19.3 Å². The zero-order chi connectivity index (χ0) is 19.6. The average Bonchev–Trinajstić information content (AvgIpc) is 3.24. The highest BCUT2D eigenvalue weighted by atomic mass is 35.5. The minimum Gasteiger partial charge on any atom is -0.507 e. The van der Waals surface area contributed by atoms with E-state index in [9.17, 15) is 14.7 Å². The highest BCUT2D eigenvalue weighted by molar-refractivity contribution is 6.46. The Kier molecular flexibility index (Phi) is 5.68. The lowest BCUT2D eigenvalue weighted by Crippen LogP contribution is -2.32. The average molecular weight is 389 g/mol. The molecule has 0 aliphatic carbocycles. The van der Waals surface area contributed by atoms with E-state index in [4.69, 9.17) is 16.0 Å². The summed E-state index contributed by atoms with van der Waals surface area (Å²) in [5.41, 5.74) is 0.448. The van der Waals surface area contributed by atoms with Crippen LogP contribution in [0.4, 0.5) is 0 Å². The number of halogens is 1. The van der Waals surface area contributed by atoms with Gasteiger partial charge in [0, 0.05) is 17.1 Å². The summed E-state index contributed by atoms with van der Waals surface area (Å²) in [5.74, 6) is -1.14. The zero-order valence-electron chi connectivity index (χ0n) is 15.2. The third-order valence-corrected chi connectivity index (χ3v) is 4.73. The van der Waals surface area contributed by atoms with Crippen LogP contribution in [0.15, 0.2) is 52.7 Å². The van der Waals surface area contributed by atoms with E-state index < -0.39 is 17.7 Å². The Morgan fingerprint density at radius 2 is 1.93 bits per heavy atom. The lowest BCUT2D eigenvalue weighted by molar-refractivity contribution is -0.140. The van der Waals surface area contributed by atoms with Crippen LogP contribution in [0.1, 0.15) is 23.8 Å². The molecule has 2 aromatic rings. The SMILES string of the molecule is CN(C)CCCN1C(=O)C(=O)/C(=C(/O)c2ccc(Cl)cc2)[C@H]1c1ccco1. The van der Waals surface area contributed by atoms with Crippen molar-refractivity contribution in [3.63, 3.8) is 0 Å². The predicted molar refractivity (Wildman–Crippen MR) is 102 cm³/mol. The smallest absolute Gasteiger partial charge is 0.295 e. The number of hydrogen-bond acceptors (Lipinski definition) is 5. The molecule has 142 valence electrons. The summed E-state index contributed by atoms with van der Waals surface area (Å²) in [5, 5.41) is 11.3. The molecule has 1 amide bonds. The number of rotatable bonds is 6. The molecule has 1 fully saturated rings. The molecule has 7 heteroatoms. The maximum absolute atomic E-state index is 12.7. The van der Waals surface area contributed by atoms with Crippen LogP contribution in [0, 0.1) is 0 Å². The normalized spacial score (nSPS) is 19.3. The van der Waals surface area contributed by atoms with Crippen LogP contribution in [0.3, 0.4) is 0 Å². The first kappa shape index (κ1) is 19.2. The van der Waals surface area contributed by atoms with Crippen LogP contribution in [0.25, 0.3) is 5.76 Å². The maximum atomic E-state index is 12.7. The van der Waals surface area contributed by atoms with E-state index in [2.05, 4.69) is 0 Å². The second kappa shape index (κ2) is 7.98. The molecule has 1 aromatic heterocycles. The third kappa shape index (κ3) is 3.91. The molecule has 1 saturated heterocycles. The van der Waals surface area contributed by atoms with Crippen LogP contribution in [0.2, 0.25) is 5.02 Å². The Bertz CT molecular complexity index is 857. The summed E-state index contributed by atoms with van der Waals surface area (Å²) < 4.78 is 5.48. The number of amides is 1. The second-order valence-corrected chi connectivity index (χ2v) is 7.11. The molecular formula is C20H21ClN2O4. The van der Waals surface area contributed by atoms with Crippen molar-refractivity contribution in [3.05, 3.63) is 64.6 Å². The van der Waals surface area contributed by atoms with Crippen molar-refractivity contribution in [1.82, 2.24) is 9.80 Å². The molecule has 2 heterocycles. The first-order valence-electron chi connectivity index (χ1n) is 8.62. The summed E-state index contributed by atoms with van der Waals surface area (Å²) in [7, 11) is 3.89. The van der Waals surface area contributed by atoms with Crippen LogP contribution in [-0.2, 0) is 9.59 Å². The van der Waals surface area contributed by atoms with E-state index in [0.717, 1.165) is 6.54 Å². The Hall–Kier alpha value is -2.57. The molecule has 0 radical (unpaired) electrons. The van der Waals surface area contributed by atoms with Crippen molar-refractivity contribution in [3.8, 4) is 0 Å². The first-order valence-corrected chi connectivity index (χ1v) is 9.00. The molecule has 1 aromatic carbocycles. The van der Waals surface area contributed by atoms with E-state index in [-0.39, 0.29) is 11.3 Å². The van der Waals surface area contributed by atoms with Gasteiger partial charge in [0.15, 0.2) is 0 Å². The molecule has 1 N–H and O–H groups in total. The Morgan fingerprint density at radius 3 is 2.52 bits per heavy atom. The number of aliphatic hydroxyl groups is 1. The summed E-state index contributed by atoms with van der Waals surface area (Å²) in [6.07, 6.45) is 2.18. The van der Waals surface area contributed by atoms with Gasteiger partial charge in [-0.25, -0.2) is 0 Å². The fourth-order valence-corrected chi connectivity index (χ4v) is 3.30. The van der Waals surface area contributed by atoms with E-state index in [1.807, 2.05) is 19.0 Å². The lowest BCUT2D eigenvalue weighted by Gasteiger charge is -2.24. The van der Waals surface area contributed by atoms with Crippen LogP contribution < -0.4 is 0 Å². The fraction of sp³-hybridized carbons (Fsp3) is 0.300. The van der Waals surface area contributed by atoms with Crippen molar-refractivity contribution >= 4 is 29.1 Å². The number of aliphatic hydroxyl groups excluding tert-OH is 1. The highest BCUT2D eigenvalue weighted by Crippen LogP contribution is 2.39. The third-order valence-electron chi connectivity index (χ3n) is 4.47. The van der Waals surface area contributed by atoms with Crippen molar-refractivity contribution < 1.29 is 19.1 Å². The fourth-order valence-electron chi connectivity index (χ4n) is 3.17. The molecule has 0 bridgehead atoms. The zero-order valence-corrected chi connectivity index (χ0v) is 15.9. The molecule has 0 spiro atoms. The van der Waals surface area contributed by atoms with Crippen LogP contribution in [0.5, 0.6) is 0 Å². The van der Waals surface area contributed by atoms with E-state index in [1.54, 1.807) is 36.4 Å². The Morgan fingerprint density at radius 1 is 1.22 bits per heavy atom. The van der Waals surface area contributed by atoms with Gasteiger partial charge in [-0.3, -0.25) is 9.59 Å². The Labute approximate surface area is 162 Å².